The summed E-state index contributed by atoms with van der Waals surface area (Å²) in [7, 11) is 3.61. The average Bonchev–Trinajstić information content (AvgIpc) is 3.09. The number of nitrogens with zero attached hydrogens (tertiary/aromatic N) is 4. The first kappa shape index (κ1) is 21.6. The molecule has 0 amide bonds. The van der Waals surface area contributed by atoms with Gasteiger partial charge in [0.1, 0.15) is 11.6 Å². The molecule has 7 nitrogen and oxygen atoms in total. The second-order valence-electron chi connectivity index (χ2n) is 5.78. The minimum atomic E-state index is -0.307. The Morgan fingerprint density at radius 3 is 2.54 bits per heavy atom. The topological polar surface area (TPSA) is 76.4 Å². The number of benzene rings is 1. The van der Waals surface area contributed by atoms with Gasteiger partial charge in [0, 0.05) is 39.1 Å². The maximum absolute atomic E-state index is 13.0. The van der Waals surface area contributed by atoms with E-state index in [4.69, 9.17) is 4.74 Å². The van der Waals surface area contributed by atoms with Crippen LogP contribution in [0.3, 0.4) is 0 Å². The summed E-state index contributed by atoms with van der Waals surface area (Å²) in [4.78, 5) is 8.40. The molecular weight excluding hydrogens is 474 g/mol. The molecule has 0 atom stereocenters. The minimum Gasteiger partial charge on any atom is -0.439 e. The third-order valence-corrected chi connectivity index (χ3v) is 3.88. The summed E-state index contributed by atoms with van der Waals surface area (Å²) in [6.45, 7) is 1.17. The molecule has 0 aliphatic carbocycles. The molecule has 0 radical (unpaired) electrons. The smallest absolute Gasteiger partial charge is 0.219 e. The summed E-state index contributed by atoms with van der Waals surface area (Å²) >= 11 is 0. The molecule has 2 heterocycles. The molecule has 0 spiro atoms. The highest BCUT2D eigenvalue weighted by Crippen LogP contribution is 2.20. The van der Waals surface area contributed by atoms with E-state index in [-0.39, 0.29) is 29.8 Å². The van der Waals surface area contributed by atoms with Gasteiger partial charge in [-0.1, -0.05) is 0 Å². The van der Waals surface area contributed by atoms with Gasteiger partial charge in [0.2, 0.25) is 5.88 Å². The van der Waals surface area contributed by atoms with Gasteiger partial charge in [0.15, 0.2) is 5.96 Å². The van der Waals surface area contributed by atoms with Gasteiger partial charge in [0.05, 0.1) is 12.2 Å². The number of nitrogens with one attached hydrogen (secondary N) is 2. The summed E-state index contributed by atoms with van der Waals surface area (Å²) in [6, 6.07) is 11.5. The molecule has 2 aromatic heterocycles. The van der Waals surface area contributed by atoms with Gasteiger partial charge < -0.3 is 15.4 Å². The fraction of sp³-hybridized carbons (Fsp3) is 0.211. The Bertz CT molecular complexity index is 913. The first-order valence-corrected chi connectivity index (χ1v) is 8.44. The molecule has 0 fully saturated rings. The predicted octanol–water partition coefficient (Wildman–Crippen LogP) is 3.23. The molecule has 9 heteroatoms. The van der Waals surface area contributed by atoms with Crippen molar-refractivity contribution in [2.75, 3.05) is 7.05 Å². The zero-order valence-electron chi connectivity index (χ0n) is 15.6. The van der Waals surface area contributed by atoms with Crippen LogP contribution in [-0.2, 0) is 20.1 Å². The predicted molar refractivity (Wildman–Crippen MR) is 116 cm³/mol. The molecule has 28 heavy (non-hydrogen) atoms. The Labute approximate surface area is 180 Å². The summed E-state index contributed by atoms with van der Waals surface area (Å²) in [5.74, 6) is 1.34. The van der Waals surface area contributed by atoms with E-state index in [9.17, 15) is 4.39 Å². The third kappa shape index (κ3) is 6.19. The van der Waals surface area contributed by atoms with Crippen molar-refractivity contribution < 1.29 is 9.13 Å². The van der Waals surface area contributed by atoms with Crippen molar-refractivity contribution in [2.24, 2.45) is 12.0 Å². The average molecular weight is 496 g/mol. The van der Waals surface area contributed by atoms with Crippen LogP contribution in [0.2, 0.25) is 0 Å². The van der Waals surface area contributed by atoms with Crippen LogP contribution in [0.1, 0.15) is 11.3 Å². The van der Waals surface area contributed by atoms with Crippen molar-refractivity contribution in [3.05, 3.63) is 71.9 Å². The number of aryl methyl sites for hydroxylation is 1. The second-order valence-corrected chi connectivity index (χ2v) is 5.78. The first-order valence-electron chi connectivity index (χ1n) is 8.44. The van der Waals surface area contributed by atoms with E-state index in [1.54, 1.807) is 31.6 Å². The SMILES string of the molecule is CN=C(NCc1ccnc(Oc2ccc(F)cc2)c1)NCc1ccnn1C.I. The standard InChI is InChI=1S/C19H21FN6O.HI/c1-21-19(24-13-16-8-10-25-26(16)2)23-12-14-7-9-22-18(11-14)27-17-5-3-15(20)4-6-17;/h3-11H,12-13H2,1-2H3,(H2,21,23,24);1H. The van der Waals surface area contributed by atoms with Gasteiger partial charge in [-0.3, -0.25) is 9.67 Å². The van der Waals surface area contributed by atoms with Crippen LogP contribution in [-0.4, -0.2) is 27.8 Å². The van der Waals surface area contributed by atoms with Gasteiger partial charge in [-0.2, -0.15) is 5.10 Å². The van der Waals surface area contributed by atoms with Crippen molar-refractivity contribution in [1.82, 2.24) is 25.4 Å². The molecule has 0 bridgehead atoms. The normalized spacial score (nSPS) is 10.9. The van der Waals surface area contributed by atoms with Crippen molar-refractivity contribution in [3.63, 3.8) is 0 Å². The Hall–Kier alpha value is -2.69. The van der Waals surface area contributed by atoms with E-state index in [1.807, 2.05) is 29.9 Å². The number of guanidine groups is 1. The summed E-state index contributed by atoms with van der Waals surface area (Å²) in [5, 5.41) is 10.6. The highest BCUT2D eigenvalue weighted by atomic mass is 127. The van der Waals surface area contributed by atoms with E-state index < -0.39 is 0 Å². The lowest BCUT2D eigenvalue weighted by atomic mass is 10.2. The Balaban J connectivity index is 0.00000280. The van der Waals surface area contributed by atoms with Gasteiger partial charge in [0.25, 0.3) is 0 Å². The zero-order chi connectivity index (χ0) is 19.1. The van der Waals surface area contributed by atoms with Crippen molar-refractivity contribution >= 4 is 29.9 Å². The number of hydrogen-bond acceptors (Lipinski definition) is 4. The number of hydrogen-bond donors (Lipinski definition) is 2. The maximum Gasteiger partial charge on any atom is 0.219 e. The van der Waals surface area contributed by atoms with E-state index in [0.717, 1.165) is 11.3 Å². The molecule has 2 N–H and O–H groups in total. The number of aliphatic imine (C=N–C) groups is 1. The summed E-state index contributed by atoms with van der Waals surface area (Å²) < 4.78 is 20.4. The van der Waals surface area contributed by atoms with Crippen molar-refractivity contribution in [1.29, 1.82) is 0 Å². The third-order valence-electron chi connectivity index (χ3n) is 3.88. The number of rotatable bonds is 6. The van der Waals surface area contributed by atoms with Gasteiger partial charge in [-0.15, -0.1) is 24.0 Å². The molecule has 0 saturated carbocycles. The molecule has 0 aliphatic rings. The minimum absolute atomic E-state index is 0. The van der Waals surface area contributed by atoms with Crippen LogP contribution in [0.15, 0.2) is 59.9 Å². The molecule has 0 saturated heterocycles. The molecule has 3 aromatic rings. The summed E-state index contributed by atoms with van der Waals surface area (Å²) in [6.07, 6.45) is 3.43. The Morgan fingerprint density at radius 1 is 1.11 bits per heavy atom. The van der Waals surface area contributed by atoms with Gasteiger partial charge in [-0.25, -0.2) is 9.37 Å². The molecule has 0 aliphatic heterocycles. The van der Waals surface area contributed by atoms with Crippen molar-refractivity contribution in [3.8, 4) is 11.6 Å². The number of aromatic nitrogens is 3. The highest BCUT2D eigenvalue weighted by Gasteiger charge is 2.04. The maximum atomic E-state index is 13.0. The fourth-order valence-electron chi connectivity index (χ4n) is 2.40. The largest absolute Gasteiger partial charge is 0.439 e. The lowest BCUT2D eigenvalue weighted by Gasteiger charge is -2.12. The summed E-state index contributed by atoms with van der Waals surface area (Å²) in [5.41, 5.74) is 2.03. The monoisotopic (exact) mass is 496 g/mol. The van der Waals surface area contributed by atoms with E-state index >= 15 is 0 Å². The highest BCUT2D eigenvalue weighted by molar-refractivity contribution is 14.0. The van der Waals surface area contributed by atoms with Gasteiger partial charge >= 0.3 is 0 Å². The van der Waals surface area contributed by atoms with Crippen LogP contribution in [0, 0.1) is 5.82 Å². The first-order chi connectivity index (χ1) is 13.1. The number of halogens is 2. The van der Waals surface area contributed by atoms with Crippen LogP contribution in [0.25, 0.3) is 0 Å². The molecule has 3 rings (SSSR count). The molecule has 0 unspecified atom stereocenters. The van der Waals surface area contributed by atoms with E-state index in [0.29, 0.717) is 30.7 Å². The van der Waals surface area contributed by atoms with E-state index in [1.165, 1.54) is 12.1 Å². The Morgan fingerprint density at radius 2 is 1.86 bits per heavy atom. The molecular formula is C19H22FIN6O. The quantitative estimate of drug-likeness (QED) is 0.312. The molecule has 148 valence electrons. The number of pyridine rings is 1. The zero-order valence-corrected chi connectivity index (χ0v) is 17.9. The second kappa shape index (κ2) is 10.6. The van der Waals surface area contributed by atoms with Crippen LogP contribution >= 0.6 is 24.0 Å². The fourth-order valence-corrected chi connectivity index (χ4v) is 2.40. The van der Waals surface area contributed by atoms with Crippen LogP contribution < -0.4 is 15.4 Å². The van der Waals surface area contributed by atoms with E-state index in [2.05, 4.69) is 25.7 Å². The van der Waals surface area contributed by atoms with Crippen LogP contribution in [0.5, 0.6) is 11.6 Å². The Kier molecular flexibility index (Phi) is 8.18. The van der Waals surface area contributed by atoms with Crippen LogP contribution in [0.4, 0.5) is 4.39 Å². The lowest BCUT2D eigenvalue weighted by molar-refractivity contribution is 0.460. The number of ether oxygens (including phenoxy) is 1. The molecule has 1 aromatic carbocycles. The lowest BCUT2D eigenvalue weighted by Crippen LogP contribution is -2.36. The van der Waals surface area contributed by atoms with Gasteiger partial charge in [-0.05, 0) is 42.0 Å². The van der Waals surface area contributed by atoms with Crippen molar-refractivity contribution in [2.45, 2.75) is 13.1 Å².